The van der Waals surface area contributed by atoms with Gasteiger partial charge >= 0.3 is 5.97 Å². The number of aryl methyl sites for hydroxylation is 1. The van der Waals surface area contributed by atoms with E-state index in [0.29, 0.717) is 11.3 Å². The molecule has 0 aliphatic heterocycles. The maximum absolute atomic E-state index is 12.1. The number of rotatable bonds is 7. The molecule has 0 saturated carbocycles. The topological polar surface area (TPSA) is 98.5 Å². The third-order valence-electron chi connectivity index (χ3n) is 4.35. The highest BCUT2D eigenvalue weighted by molar-refractivity contribution is 5.96. The van der Waals surface area contributed by atoms with E-state index in [1.807, 2.05) is 18.2 Å². The number of nitro benzene ring substituents is 1. The zero-order valence-corrected chi connectivity index (χ0v) is 15.5. The molecular weight excluding hydrogens is 348 g/mol. The van der Waals surface area contributed by atoms with Crippen LogP contribution in [-0.2, 0) is 9.53 Å². The van der Waals surface area contributed by atoms with Gasteiger partial charge in [-0.15, -0.1) is 0 Å². The van der Waals surface area contributed by atoms with Gasteiger partial charge in [0.15, 0.2) is 6.61 Å². The summed E-state index contributed by atoms with van der Waals surface area (Å²) in [6.45, 7) is 5.23. The van der Waals surface area contributed by atoms with Crippen LogP contribution >= 0.6 is 0 Å². The van der Waals surface area contributed by atoms with E-state index in [0.717, 1.165) is 18.1 Å². The van der Waals surface area contributed by atoms with Gasteiger partial charge in [0.2, 0.25) is 0 Å². The fourth-order valence-corrected chi connectivity index (χ4v) is 2.59. The van der Waals surface area contributed by atoms with Crippen LogP contribution in [-0.4, -0.2) is 23.4 Å². The summed E-state index contributed by atoms with van der Waals surface area (Å²) in [4.78, 5) is 34.6. The first-order valence-electron chi connectivity index (χ1n) is 8.64. The standard InChI is InChI=1S/C20H22N2O5/c1-4-13(2)16-7-5-6-8-17(16)21-19(23)12-27-20(24)15-10-9-14(3)18(11-15)22(25)26/h5-11,13H,4,12H2,1-3H3,(H,21,23)/t13-/m0/s1. The highest BCUT2D eigenvalue weighted by Crippen LogP contribution is 2.26. The van der Waals surface area contributed by atoms with E-state index in [4.69, 9.17) is 4.74 Å². The number of hydrogen-bond donors (Lipinski definition) is 1. The molecule has 0 spiro atoms. The number of para-hydroxylation sites is 1. The average Bonchev–Trinajstić information content (AvgIpc) is 2.66. The number of amides is 1. The minimum atomic E-state index is -0.788. The van der Waals surface area contributed by atoms with Crippen molar-refractivity contribution in [3.8, 4) is 0 Å². The summed E-state index contributed by atoms with van der Waals surface area (Å²) < 4.78 is 4.99. The molecule has 0 radical (unpaired) electrons. The Hall–Kier alpha value is -3.22. The van der Waals surface area contributed by atoms with Crippen LogP contribution in [0.1, 0.15) is 47.7 Å². The fraction of sp³-hybridized carbons (Fsp3) is 0.300. The van der Waals surface area contributed by atoms with Gasteiger partial charge < -0.3 is 10.1 Å². The molecule has 2 aromatic carbocycles. The quantitative estimate of drug-likeness (QED) is 0.447. The Morgan fingerprint density at radius 1 is 1.22 bits per heavy atom. The van der Waals surface area contributed by atoms with Crippen molar-refractivity contribution in [2.75, 3.05) is 11.9 Å². The summed E-state index contributed by atoms with van der Waals surface area (Å²) in [7, 11) is 0. The number of nitrogens with one attached hydrogen (secondary N) is 1. The fourth-order valence-electron chi connectivity index (χ4n) is 2.59. The highest BCUT2D eigenvalue weighted by Gasteiger charge is 2.17. The summed E-state index contributed by atoms with van der Waals surface area (Å²) >= 11 is 0. The van der Waals surface area contributed by atoms with Gasteiger partial charge in [-0.1, -0.05) is 38.1 Å². The molecule has 0 aliphatic rings. The van der Waals surface area contributed by atoms with E-state index in [2.05, 4.69) is 19.2 Å². The number of nitrogens with zero attached hydrogens (tertiary/aromatic N) is 1. The lowest BCUT2D eigenvalue weighted by Crippen LogP contribution is -2.21. The van der Waals surface area contributed by atoms with Crippen LogP contribution in [0, 0.1) is 17.0 Å². The Morgan fingerprint density at radius 3 is 2.59 bits per heavy atom. The molecule has 0 aliphatic carbocycles. The summed E-state index contributed by atoms with van der Waals surface area (Å²) in [6.07, 6.45) is 0.925. The first kappa shape index (κ1) is 20.1. The lowest BCUT2D eigenvalue weighted by molar-refractivity contribution is -0.385. The molecule has 2 aromatic rings. The van der Waals surface area contributed by atoms with Gasteiger partial charge in [-0.25, -0.2) is 4.79 Å². The van der Waals surface area contributed by atoms with Crippen molar-refractivity contribution in [1.29, 1.82) is 0 Å². The predicted octanol–water partition coefficient (Wildman–Crippen LogP) is 4.21. The normalized spacial score (nSPS) is 11.5. The van der Waals surface area contributed by atoms with Crippen LogP contribution in [0.4, 0.5) is 11.4 Å². The number of esters is 1. The third-order valence-corrected chi connectivity index (χ3v) is 4.35. The molecule has 7 nitrogen and oxygen atoms in total. The van der Waals surface area contributed by atoms with Crippen molar-refractivity contribution < 1.29 is 19.2 Å². The molecule has 142 valence electrons. The number of carbonyl (C=O) groups is 2. The molecule has 0 saturated heterocycles. The van der Waals surface area contributed by atoms with Crippen molar-refractivity contribution in [1.82, 2.24) is 0 Å². The summed E-state index contributed by atoms with van der Waals surface area (Å²) in [5, 5.41) is 13.7. The van der Waals surface area contributed by atoms with Gasteiger partial charge in [-0.2, -0.15) is 0 Å². The molecule has 0 bridgehead atoms. The van der Waals surface area contributed by atoms with Crippen LogP contribution in [0.25, 0.3) is 0 Å². The molecule has 2 rings (SSSR count). The van der Waals surface area contributed by atoms with E-state index in [9.17, 15) is 19.7 Å². The number of benzene rings is 2. The van der Waals surface area contributed by atoms with Gasteiger partial charge in [0.25, 0.3) is 11.6 Å². The molecular formula is C20H22N2O5. The number of nitro groups is 1. The summed E-state index contributed by atoms with van der Waals surface area (Å²) in [5.74, 6) is -0.985. The Balaban J connectivity index is 2.01. The Morgan fingerprint density at radius 2 is 1.93 bits per heavy atom. The van der Waals surface area contributed by atoms with E-state index < -0.39 is 23.4 Å². The summed E-state index contributed by atoms with van der Waals surface area (Å²) in [6, 6.07) is 11.5. The lowest BCUT2D eigenvalue weighted by Gasteiger charge is -2.15. The Kier molecular flexibility index (Phi) is 6.65. The largest absolute Gasteiger partial charge is 0.452 e. The molecule has 27 heavy (non-hydrogen) atoms. The van der Waals surface area contributed by atoms with Crippen LogP contribution < -0.4 is 5.32 Å². The Labute approximate surface area is 157 Å². The molecule has 1 atom stereocenters. The number of anilines is 1. The van der Waals surface area contributed by atoms with E-state index in [-0.39, 0.29) is 17.2 Å². The van der Waals surface area contributed by atoms with Gasteiger partial charge in [0, 0.05) is 17.3 Å². The molecule has 1 N–H and O–H groups in total. The van der Waals surface area contributed by atoms with Crippen molar-refractivity contribution in [3.05, 3.63) is 69.3 Å². The third kappa shape index (κ3) is 5.13. The highest BCUT2D eigenvalue weighted by atomic mass is 16.6. The van der Waals surface area contributed by atoms with Crippen LogP contribution in [0.15, 0.2) is 42.5 Å². The average molecular weight is 370 g/mol. The summed E-state index contributed by atoms with van der Waals surface area (Å²) in [5.41, 5.74) is 1.99. The zero-order chi connectivity index (χ0) is 20.0. The zero-order valence-electron chi connectivity index (χ0n) is 15.5. The van der Waals surface area contributed by atoms with Crippen molar-refractivity contribution in [2.45, 2.75) is 33.1 Å². The SMILES string of the molecule is CC[C@H](C)c1ccccc1NC(=O)COC(=O)c1ccc(C)c([N+](=O)[O-])c1. The van der Waals surface area contributed by atoms with Gasteiger partial charge in [-0.3, -0.25) is 14.9 Å². The number of carbonyl (C=O) groups excluding carboxylic acids is 2. The maximum Gasteiger partial charge on any atom is 0.338 e. The van der Waals surface area contributed by atoms with E-state index in [1.54, 1.807) is 13.0 Å². The lowest BCUT2D eigenvalue weighted by atomic mass is 9.97. The van der Waals surface area contributed by atoms with Gasteiger partial charge in [-0.05, 0) is 37.0 Å². The maximum atomic E-state index is 12.1. The second-order valence-corrected chi connectivity index (χ2v) is 6.28. The van der Waals surface area contributed by atoms with Gasteiger partial charge in [0.05, 0.1) is 10.5 Å². The molecule has 0 heterocycles. The second kappa shape index (κ2) is 8.93. The molecule has 1 amide bonds. The number of hydrogen-bond acceptors (Lipinski definition) is 5. The molecule has 0 unspecified atom stereocenters. The molecule has 7 heteroatoms. The first-order chi connectivity index (χ1) is 12.8. The minimum absolute atomic E-state index is 0.0279. The number of ether oxygens (including phenoxy) is 1. The van der Waals surface area contributed by atoms with Crippen molar-refractivity contribution >= 4 is 23.3 Å². The first-order valence-corrected chi connectivity index (χ1v) is 8.64. The van der Waals surface area contributed by atoms with E-state index >= 15 is 0 Å². The predicted molar refractivity (Wildman–Crippen MR) is 102 cm³/mol. The smallest absolute Gasteiger partial charge is 0.338 e. The van der Waals surface area contributed by atoms with Crippen LogP contribution in [0.2, 0.25) is 0 Å². The van der Waals surface area contributed by atoms with Crippen LogP contribution in [0.3, 0.4) is 0 Å². The molecule has 0 fully saturated rings. The van der Waals surface area contributed by atoms with E-state index in [1.165, 1.54) is 12.1 Å². The van der Waals surface area contributed by atoms with Crippen molar-refractivity contribution in [3.63, 3.8) is 0 Å². The van der Waals surface area contributed by atoms with Crippen LogP contribution in [0.5, 0.6) is 0 Å². The monoisotopic (exact) mass is 370 g/mol. The minimum Gasteiger partial charge on any atom is -0.452 e. The van der Waals surface area contributed by atoms with Crippen molar-refractivity contribution in [2.24, 2.45) is 0 Å². The Bertz CT molecular complexity index is 863. The van der Waals surface area contributed by atoms with Gasteiger partial charge in [0.1, 0.15) is 0 Å². The molecule has 0 aromatic heterocycles. The second-order valence-electron chi connectivity index (χ2n) is 6.28.